The smallest absolute Gasteiger partial charge is 0.196 e. The molecule has 0 amide bonds. The van der Waals surface area contributed by atoms with Crippen LogP contribution >= 0.6 is 0 Å². The topological polar surface area (TPSA) is 49.7 Å². The number of aliphatic hydroxyl groups is 1. The highest BCUT2D eigenvalue weighted by Crippen LogP contribution is 2.36. The first-order chi connectivity index (χ1) is 6.61. The van der Waals surface area contributed by atoms with E-state index >= 15 is 0 Å². The predicted molar refractivity (Wildman–Crippen MR) is 50.1 cm³/mol. The van der Waals surface area contributed by atoms with Gasteiger partial charge in [0.25, 0.3) is 0 Å². The predicted octanol–water partition coefficient (Wildman–Crippen LogP) is 1.64. The molecule has 0 aliphatic heterocycles. The first kappa shape index (κ1) is 10.8. The van der Waals surface area contributed by atoms with Gasteiger partial charge in [0.1, 0.15) is 0 Å². The second kappa shape index (κ2) is 4.28. The summed E-state index contributed by atoms with van der Waals surface area (Å²) in [5.74, 6) is -1.28. The van der Waals surface area contributed by atoms with Crippen molar-refractivity contribution in [3.8, 4) is 11.5 Å². The lowest BCUT2D eigenvalue weighted by atomic mass is 10.0. The first-order valence-electron chi connectivity index (χ1n) is 4.28. The standard InChI is InChI=1S/C10H13FO3/c1-6(5-12)7-3-4-8(11)10(14-2)9(7)13/h3-4,6,12-13H,5H2,1-2H3. The number of aromatic hydroxyl groups is 1. The maximum Gasteiger partial charge on any atom is 0.196 e. The van der Waals surface area contributed by atoms with Crippen LogP contribution in [-0.2, 0) is 0 Å². The van der Waals surface area contributed by atoms with Crippen molar-refractivity contribution in [2.75, 3.05) is 13.7 Å². The zero-order chi connectivity index (χ0) is 10.7. The molecule has 0 bridgehead atoms. The molecule has 3 nitrogen and oxygen atoms in total. The van der Waals surface area contributed by atoms with Gasteiger partial charge in [-0.2, -0.15) is 0 Å². The fourth-order valence-electron chi connectivity index (χ4n) is 1.25. The molecular formula is C10H13FO3. The zero-order valence-corrected chi connectivity index (χ0v) is 8.12. The van der Waals surface area contributed by atoms with Crippen LogP contribution < -0.4 is 4.74 Å². The molecule has 1 unspecified atom stereocenters. The third-order valence-corrected chi connectivity index (χ3v) is 2.12. The minimum Gasteiger partial charge on any atom is -0.504 e. The van der Waals surface area contributed by atoms with E-state index in [9.17, 15) is 9.50 Å². The van der Waals surface area contributed by atoms with Crippen molar-refractivity contribution in [3.05, 3.63) is 23.5 Å². The summed E-state index contributed by atoms with van der Waals surface area (Å²) < 4.78 is 17.8. The fraction of sp³-hybridized carbons (Fsp3) is 0.400. The Labute approximate surface area is 81.8 Å². The van der Waals surface area contributed by atoms with Crippen molar-refractivity contribution < 1.29 is 19.3 Å². The normalized spacial score (nSPS) is 12.6. The van der Waals surface area contributed by atoms with E-state index in [0.29, 0.717) is 5.56 Å². The molecule has 1 atom stereocenters. The summed E-state index contributed by atoms with van der Waals surface area (Å²) in [7, 11) is 1.28. The molecule has 0 spiro atoms. The van der Waals surface area contributed by atoms with E-state index in [0.717, 1.165) is 0 Å². The van der Waals surface area contributed by atoms with Crippen LogP contribution in [0.4, 0.5) is 4.39 Å². The number of ether oxygens (including phenoxy) is 1. The molecule has 78 valence electrons. The Bertz CT molecular complexity index is 325. The van der Waals surface area contributed by atoms with E-state index < -0.39 is 5.82 Å². The van der Waals surface area contributed by atoms with E-state index in [1.54, 1.807) is 6.92 Å². The molecule has 1 aromatic rings. The van der Waals surface area contributed by atoms with Gasteiger partial charge in [0.15, 0.2) is 17.3 Å². The highest BCUT2D eigenvalue weighted by atomic mass is 19.1. The molecule has 0 aromatic heterocycles. The molecule has 0 fully saturated rings. The van der Waals surface area contributed by atoms with E-state index in [4.69, 9.17) is 9.84 Å². The van der Waals surface area contributed by atoms with Crippen LogP contribution in [0.3, 0.4) is 0 Å². The van der Waals surface area contributed by atoms with Gasteiger partial charge >= 0.3 is 0 Å². The van der Waals surface area contributed by atoms with Gasteiger partial charge in [0.05, 0.1) is 7.11 Å². The van der Waals surface area contributed by atoms with Gasteiger partial charge in [-0.3, -0.25) is 0 Å². The maximum atomic E-state index is 13.1. The number of benzene rings is 1. The van der Waals surface area contributed by atoms with E-state index in [1.165, 1.54) is 19.2 Å². The minimum absolute atomic E-state index is 0.109. The van der Waals surface area contributed by atoms with Crippen molar-refractivity contribution in [1.82, 2.24) is 0 Å². The molecule has 1 rings (SSSR count). The van der Waals surface area contributed by atoms with Crippen molar-refractivity contribution in [2.24, 2.45) is 0 Å². The highest BCUT2D eigenvalue weighted by molar-refractivity contribution is 5.47. The number of phenolic OH excluding ortho intramolecular Hbond substituents is 1. The van der Waals surface area contributed by atoms with E-state index in [1.807, 2.05) is 0 Å². The third kappa shape index (κ3) is 1.80. The summed E-state index contributed by atoms with van der Waals surface area (Å²) in [6.45, 7) is 1.62. The SMILES string of the molecule is COc1c(F)ccc(C(C)CO)c1O. The van der Waals surface area contributed by atoms with Crippen molar-refractivity contribution in [3.63, 3.8) is 0 Å². The molecule has 0 radical (unpaired) electrons. The van der Waals surface area contributed by atoms with Crippen molar-refractivity contribution >= 4 is 0 Å². The van der Waals surface area contributed by atoms with Gasteiger partial charge in [-0.05, 0) is 6.07 Å². The number of aliphatic hydroxyl groups excluding tert-OH is 1. The Morgan fingerprint density at radius 2 is 2.14 bits per heavy atom. The Kier molecular flexibility index (Phi) is 3.30. The van der Waals surface area contributed by atoms with E-state index in [2.05, 4.69) is 0 Å². The van der Waals surface area contributed by atoms with Crippen molar-refractivity contribution in [1.29, 1.82) is 0 Å². The molecule has 14 heavy (non-hydrogen) atoms. The highest BCUT2D eigenvalue weighted by Gasteiger charge is 2.16. The Hall–Kier alpha value is -1.29. The molecular weight excluding hydrogens is 187 g/mol. The second-order valence-corrected chi connectivity index (χ2v) is 3.10. The summed E-state index contributed by atoms with van der Waals surface area (Å²) in [5, 5.41) is 18.5. The third-order valence-electron chi connectivity index (χ3n) is 2.12. The maximum absolute atomic E-state index is 13.1. The molecule has 1 aromatic carbocycles. The summed E-state index contributed by atoms with van der Waals surface area (Å²) in [4.78, 5) is 0. The molecule has 2 N–H and O–H groups in total. The number of halogens is 1. The Morgan fingerprint density at radius 1 is 1.50 bits per heavy atom. The number of hydrogen-bond donors (Lipinski definition) is 2. The molecule has 0 heterocycles. The monoisotopic (exact) mass is 200 g/mol. The molecule has 0 aliphatic carbocycles. The van der Waals surface area contributed by atoms with Crippen LogP contribution in [0.5, 0.6) is 11.5 Å². The van der Waals surface area contributed by atoms with Crippen LogP contribution in [0.1, 0.15) is 18.4 Å². The van der Waals surface area contributed by atoms with Crippen LogP contribution in [0.2, 0.25) is 0 Å². The summed E-state index contributed by atoms with van der Waals surface area (Å²) in [5.41, 5.74) is 0.478. The number of phenols is 1. The summed E-state index contributed by atoms with van der Waals surface area (Å²) in [6.07, 6.45) is 0. The first-order valence-corrected chi connectivity index (χ1v) is 4.28. The molecule has 0 saturated heterocycles. The number of methoxy groups -OCH3 is 1. The average Bonchev–Trinajstić information content (AvgIpc) is 2.18. The van der Waals surface area contributed by atoms with E-state index in [-0.39, 0.29) is 24.0 Å². The van der Waals surface area contributed by atoms with Crippen LogP contribution in [-0.4, -0.2) is 23.9 Å². The van der Waals surface area contributed by atoms with Gasteiger partial charge in [-0.1, -0.05) is 13.0 Å². The molecule has 0 saturated carbocycles. The van der Waals surface area contributed by atoms with Gasteiger partial charge in [-0.25, -0.2) is 4.39 Å². The van der Waals surface area contributed by atoms with Gasteiger partial charge in [-0.15, -0.1) is 0 Å². The van der Waals surface area contributed by atoms with Crippen LogP contribution in [0.25, 0.3) is 0 Å². The van der Waals surface area contributed by atoms with Gasteiger partial charge < -0.3 is 14.9 Å². The van der Waals surface area contributed by atoms with Gasteiger partial charge in [0.2, 0.25) is 0 Å². The van der Waals surface area contributed by atoms with Gasteiger partial charge in [0, 0.05) is 18.1 Å². The Morgan fingerprint density at radius 3 is 2.64 bits per heavy atom. The Balaban J connectivity index is 3.21. The molecule has 4 heteroatoms. The summed E-state index contributed by atoms with van der Waals surface area (Å²) in [6, 6.07) is 2.65. The lowest BCUT2D eigenvalue weighted by Crippen LogP contribution is -2.01. The lowest BCUT2D eigenvalue weighted by Gasteiger charge is -2.13. The number of hydrogen-bond acceptors (Lipinski definition) is 3. The number of rotatable bonds is 3. The zero-order valence-electron chi connectivity index (χ0n) is 8.12. The largest absolute Gasteiger partial charge is 0.504 e. The van der Waals surface area contributed by atoms with Crippen LogP contribution in [0.15, 0.2) is 12.1 Å². The quantitative estimate of drug-likeness (QED) is 0.779. The van der Waals surface area contributed by atoms with Crippen LogP contribution in [0, 0.1) is 5.82 Å². The summed E-state index contributed by atoms with van der Waals surface area (Å²) >= 11 is 0. The fourth-order valence-corrected chi connectivity index (χ4v) is 1.25. The average molecular weight is 200 g/mol. The van der Waals surface area contributed by atoms with Crippen molar-refractivity contribution in [2.45, 2.75) is 12.8 Å². The lowest BCUT2D eigenvalue weighted by molar-refractivity contribution is 0.268. The minimum atomic E-state index is -0.612. The second-order valence-electron chi connectivity index (χ2n) is 3.10. The molecule has 0 aliphatic rings.